The van der Waals surface area contributed by atoms with Gasteiger partial charge in [0.15, 0.2) is 16.7 Å². The summed E-state index contributed by atoms with van der Waals surface area (Å²) in [6, 6.07) is 9.59. The molecule has 0 amide bonds. The number of hydrogen-bond donors (Lipinski definition) is 1. The van der Waals surface area contributed by atoms with Gasteiger partial charge >= 0.3 is 6.36 Å². The van der Waals surface area contributed by atoms with Crippen molar-refractivity contribution in [2.45, 2.75) is 82.4 Å². The van der Waals surface area contributed by atoms with Crippen LogP contribution in [0, 0.1) is 5.82 Å². The van der Waals surface area contributed by atoms with Gasteiger partial charge in [0.05, 0.1) is 4.70 Å². The van der Waals surface area contributed by atoms with E-state index in [0.717, 1.165) is 55.0 Å². The van der Waals surface area contributed by atoms with Gasteiger partial charge in [-0.15, -0.1) is 13.2 Å². The lowest BCUT2D eigenvalue weighted by Crippen LogP contribution is -2.49. The monoisotopic (exact) mass is 600 g/mol. The third-order valence-electron chi connectivity index (χ3n) is 8.50. The number of hydrogen-bond acceptors (Lipinski definition) is 8. The molecule has 2 aliphatic heterocycles. The summed E-state index contributed by atoms with van der Waals surface area (Å²) in [5.41, 5.74) is 2.02. The highest BCUT2D eigenvalue weighted by Gasteiger charge is 2.43. The van der Waals surface area contributed by atoms with E-state index in [1.807, 2.05) is 0 Å². The van der Waals surface area contributed by atoms with E-state index in [0.29, 0.717) is 28.0 Å². The number of thiazole rings is 1. The zero-order chi connectivity index (χ0) is 29.2. The van der Waals surface area contributed by atoms with E-state index in [9.17, 15) is 22.4 Å². The number of ketones is 1. The number of piperidine rings is 1. The largest absolute Gasteiger partial charge is 0.573 e. The van der Waals surface area contributed by atoms with Crippen molar-refractivity contribution < 1.29 is 31.6 Å². The van der Waals surface area contributed by atoms with Crippen molar-refractivity contribution in [3.8, 4) is 17.0 Å². The van der Waals surface area contributed by atoms with E-state index >= 15 is 0 Å². The number of carbonyl (C=O) groups excluding carboxylic acids is 1. The molecule has 2 saturated heterocycles. The highest BCUT2D eigenvalue weighted by Crippen LogP contribution is 2.46. The first kappa shape index (κ1) is 27.3. The SMILES string of the molecule is CC(=O)c1cc(F)c2nc(N3C4CCC3CC(NCc3c(-c5ccccc5OC(F)(F)F)noc3C3CC3)C4)sc2c1. The average Bonchev–Trinajstić information content (AvgIpc) is 3.45. The standard InChI is InChI=1S/C30H28F4N4O3S/c1-15(39)17-10-23(31)27-25(11-17)42-29(36-27)38-19-8-9-20(38)13-18(12-19)35-14-22-26(37-41-28(22)16-6-7-16)21-4-2-3-5-24(21)40-30(32,33)34/h2-5,10-11,16,18-20,35H,6-9,12-14H2,1H3. The molecule has 3 aliphatic rings. The van der Waals surface area contributed by atoms with E-state index in [2.05, 4.69) is 25.1 Å². The molecular weight excluding hydrogens is 572 g/mol. The fourth-order valence-electron chi connectivity index (χ4n) is 6.44. The quantitative estimate of drug-likeness (QED) is 0.167. The number of fused-ring (bicyclic) bond motifs is 3. The minimum atomic E-state index is -4.82. The Labute approximate surface area is 242 Å². The predicted molar refractivity (Wildman–Crippen MR) is 149 cm³/mol. The van der Waals surface area contributed by atoms with Crippen LogP contribution in [0.15, 0.2) is 40.9 Å². The Morgan fingerprint density at radius 3 is 2.57 bits per heavy atom. The molecule has 1 aliphatic carbocycles. The van der Waals surface area contributed by atoms with Crippen molar-refractivity contribution in [2.24, 2.45) is 0 Å². The van der Waals surface area contributed by atoms with E-state index < -0.39 is 12.2 Å². The molecule has 0 radical (unpaired) electrons. The number of anilines is 1. The first-order valence-corrected chi connectivity index (χ1v) is 14.9. The molecule has 2 aromatic heterocycles. The number of carbonyl (C=O) groups is 1. The number of halogens is 4. The van der Waals surface area contributed by atoms with Crippen LogP contribution < -0.4 is 15.0 Å². The summed E-state index contributed by atoms with van der Waals surface area (Å²) < 4.78 is 64.8. The summed E-state index contributed by atoms with van der Waals surface area (Å²) in [6.45, 7) is 1.83. The van der Waals surface area contributed by atoms with Gasteiger partial charge in [-0.05, 0) is 69.7 Å². The maximum absolute atomic E-state index is 14.7. The molecule has 1 saturated carbocycles. The molecule has 42 heavy (non-hydrogen) atoms. The number of nitrogens with zero attached hydrogens (tertiary/aromatic N) is 3. The van der Waals surface area contributed by atoms with E-state index in [1.165, 1.54) is 36.5 Å². The Kier molecular flexibility index (Phi) is 6.73. The number of ether oxygens (including phenoxy) is 1. The van der Waals surface area contributed by atoms with Gasteiger partial charge in [0.1, 0.15) is 22.7 Å². The number of nitrogens with one attached hydrogen (secondary N) is 1. The second kappa shape index (κ2) is 10.3. The van der Waals surface area contributed by atoms with Gasteiger partial charge in [0.25, 0.3) is 0 Å². The molecule has 1 N–H and O–H groups in total. The van der Waals surface area contributed by atoms with Gasteiger partial charge in [0.2, 0.25) is 0 Å². The number of aromatic nitrogens is 2. The molecule has 12 heteroatoms. The summed E-state index contributed by atoms with van der Waals surface area (Å²) in [4.78, 5) is 18.8. The van der Waals surface area contributed by atoms with Crippen LogP contribution in [0.3, 0.4) is 0 Å². The highest BCUT2D eigenvalue weighted by molar-refractivity contribution is 7.22. The zero-order valence-corrected chi connectivity index (χ0v) is 23.5. The van der Waals surface area contributed by atoms with Crippen LogP contribution in [0.5, 0.6) is 5.75 Å². The third-order valence-corrected chi connectivity index (χ3v) is 9.52. The van der Waals surface area contributed by atoms with Crippen molar-refractivity contribution in [3.05, 3.63) is 59.1 Å². The van der Waals surface area contributed by atoms with Crippen molar-refractivity contribution in [1.82, 2.24) is 15.5 Å². The Morgan fingerprint density at radius 1 is 1.14 bits per heavy atom. The number of Topliss-reactive ketones (excluding diaryl/α,β-unsaturated/α-hetero) is 1. The average molecular weight is 601 g/mol. The first-order chi connectivity index (χ1) is 20.1. The lowest BCUT2D eigenvalue weighted by Gasteiger charge is -2.39. The lowest BCUT2D eigenvalue weighted by molar-refractivity contribution is -0.274. The Balaban J connectivity index is 1.10. The number of para-hydroxylation sites is 1. The number of alkyl halides is 3. The third kappa shape index (κ3) is 5.15. The van der Waals surface area contributed by atoms with E-state index in [-0.39, 0.29) is 41.1 Å². The van der Waals surface area contributed by atoms with Gasteiger partial charge < -0.3 is 19.5 Å². The maximum atomic E-state index is 14.7. The lowest BCUT2D eigenvalue weighted by atomic mass is 9.97. The Hall–Kier alpha value is -3.51. The summed E-state index contributed by atoms with van der Waals surface area (Å²) >= 11 is 1.42. The molecule has 2 unspecified atom stereocenters. The van der Waals surface area contributed by atoms with Crippen LogP contribution >= 0.6 is 11.3 Å². The first-order valence-electron chi connectivity index (χ1n) is 14.1. The molecule has 2 bridgehead atoms. The molecule has 2 aromatic carbocycles. The van der Waals surface area contributed by atoms with E-state index in [4.69, 9.17) is 4.52 Å². The topological polar surface area (TPSA) is 80.5 Å². The van der Waals surface area contributed by atoms with Gasteiger partial charge in [0, 0.05) is 47.3 Å². The van der Waals surface area contributed by atoms with Crippen molar-refractivity contribution >= 4 is 32.5 Å². The molecular formula is C30H28F4N4O3S. The van der Waals surface area contributed by atoms with Crippen LogP contribution in [0.1, 0.15) is 73.0 Å². The molecule has 3 fully saturated rings. The van der Waals surface area contributed by atoms with Gasteiger partial charge in [-0.1, -0.05) is 28.6 Å². The van der Waals surface area contributed by atoms with Crippen LogP contribution in [-0.2, 0) is 6.54 Å². The van der Waals surface area contributed by atoms with Crippen molar-refractivity contribution in [2.75, 3.05) is 4.90 Å². The molecule has 7 rings (SSSR count). The molecule has 2 atom stereocenters. The molecule has 4 heterocycles. The molecule has 0 spiro atoms. The summed E-state index contributed by atoms with van der Waals surface area (Å²) in [5.74, 6) is -0.0333. The van der Waals surface area contributed by atoms with Crippen molar-refractivity contribution in [3.63, 3.8) is 0 Å². The summed E-state index contributed by atoms with van der Waals surface area (Å²) in [6.07, 6.45) is 0.780. The predicted octanol–water partition coefficient (Wildman–Crippen LogP) is 7.36. The Morgan fingerprint density at radius 2 is 1.88 bits per heavy atom. The minimum Gasteiger partial charge on any atom is -0.405 e. The fraction of sp³-hybridized carbons (Fsp3) is 0.433. The van der Waals surface area contributed by atoms with Crippen molar-refractivity contribution in [1.29, 1.82) is 0 Å². The van der Waals surface area contributed by atoms with Crippen LogP contribution in [0.4, 0.5) is 22.7 Å². The Bertz CT molecular complexity index is 1650. The smallest absolute Gasteiger partial charge is 0.405 e. The van der Waals surface area contributed by atoms with Gasteiger partial charge in [-0.2, -0.15) is 0 Å². The van der Waals surface area contributed by atoms with E-state index in [1.54, 1.807) is 18.2 Å². The summed E-state index contributed by atoms with van der Waals surface area (Å²) in [5, 5.41) is 8.63. The van der Waals surface area contributed by atoms with Crippen LogP contribution in [-0.4, -0.2) is 40.4 Å². The maximum Gasteiger partial charge on any atom is 0.573 e. The van der Waals surface area contributed by atoms with Gasteiger partial charge in [-0.25, -0.2) is 9.37 Å². The minimum absolute atomic E-state index is 0.172. The number of benzene rings is 2. The molecule has 7 nitrogen and oxygen atoms in total. The second-order valence-corrected chi connectivity index (χ2v) is 12.4. The van der Waals surface area contributed by atoms with Crippen LogP contribution in [0.2, 0.25) is 0 Å². The van der Waals surface area contributed by atoms with Gasteiger partial charge in [-0.3, -0.25) is 4.79 Å². The summed E-state index contributed by atoms with van der Waals surface area (Å²) in [7, 11) is 0. The molecule has 4 aromatic rings. The normalized spacial score (nSPS) is 22.2. The van der Waals surface area contributed by atoms with Crippen LogP contribution in [0.25, 0.3) is 21.5 Å². The second-order valence-electron chi connectivity index (χ2n) is 11.4. The highest BCUT2D eigenvalue weighted by atomic mass is 32.1. The number of rotatable bonds is 8. The fourth-order valence-corrected chi connectivity index (χ4v) is 7.60. The zero-order valence-electron chi connectivity index (χ0n) is 22.7. The molecule has 220 valence electrons.